The highest BCUT2D eigenvalue weighted by Crippen LogP contribution is 2.35. The third kappa shape index (κ3) is 3.71. The Morgan fingerprint density at radius 2 is 2.00 bits per heavy atom. The van der Waals surface area contributed by atoms with Crippen LogP contribution in [0.3, 0.4) is 0 Å². The van der Waals surface area contributed by atoms with Crippen LogP contribution in [-0.4, -0.2) is 33.4 Å². The number of benzene rings is 1. The lowest BCUT2D eigenvalue weighted by Crippen LogP contribution is -2.47. The summed E-state index contributed by atoms with van der Waals surface area (Å²) in [5, 5.41) is 4.62. The Bertz CT molecular complexity index is 880. The fourth-order valence-electron chi connectivity index (χ4n) is 5.24. The van der Waals surface area contributed by atoms with Crippen LogP contribution in [0.15, 0.2) is 24.4 Å². The molecule has 0 unspecified atom stereocenters. The fraction of sp³-hybridized carbons (Fsp3) is 0.591. The van der Waals surface area contributed by atoms with Crippen molar-refractivity contribution in [3.63, 3.8) is 0 Å². The van der Waals surface area contributed by atoms with Crippen LogP contribution in [0.4, 0.5) is 8.78 Å². The van der Waals surface area contributed by atoms with Gasteiger partial charge in [0.15, 0.2) is 0 Å². The van der Waals surface area contributed by atoms with Crippen LogP contribution in [0.1, 0.15) is 55.0 Å². The second kappa shape index (κ2) is 7.78. The van der Waals surface area contributed by atoms with Crippen molar-refractivity contribution in [2.45, 2.75) is 69.9 Å². The van der Waals surface area contributed by atoms with Gasteiger partial charge in [0.05, 0.1) is 18.5 Å². The predicted octanol–water partition coefficient (Wildman–Crippen LogP) is 3.52. The molecule has 2 aromatic rings. The summed E-state index contributed by atoms with van der Waals surface area (Å²) >= 11 is 0. The minimum atomic E-state index is -0.607. The second-order valence-corrected chi connectivity index (χ2v) is 8.83. The minimum Gasteiger partial charge on any atom is -0.370 e. The molecule has 0 bridgehead atoms. The number of aromatic nitrogens is 2. The molecule has 5 nitrogen and oxygen atoms in total. The monoisotopic (exact) mass is 402 g/mol. The van der Waals surface area contributed by atoms with E-state index in [9.17, 15) is 8.78 Å². The molecular formula is C22H28F2N4O. The van der Waals surface area contributed by atoms with Crippen molar-refractivity contribution < 1.29 is 13.5 Å². The van der Waals surface area contributed by atoms with Crippen LogP contribution in [-0.2, 0) is 24.4 Å². The van der Waals surface area contributed by atoms with Crippen molar-refractivity contribution in [3.05, 3.63) is 52.9 Å². The Morgan fingerprint density at radius 3 is 2.79 bits per heavy atom. The van der Waals surface area contributed by atoms with Gasteiger partial charge in [0.2, 0.25) is 0 Å². The normalized spacial score (nSPS) is 28.2. The smallest absolute Gasteiger partial charge is 0.129 e. The Balaban J connectivity index is 1.24. The zero-order chi connectivity index (χ0) is 20.0. The quantitative estimate of drug-likeness (QED) is 0.850. The summed E-state index contributed by atoms with van der Waals surface area (Å²) in [7, 11) is 0. The molecule has 1 saturated heterocycles. The van der Waals surface area contributed by atoms with Gasteiger partial charge in [0.25, 0.3) is 0 Å². The number of nitrogens with zero attached hydrogens (tertiary/aromatic N) is 3. The first kappa shape index (κ1) is 19.2. The van der Waals surface area contributed by atoms with E-state index in [0.717, 1.165) is 37.7 Å². The number of ether oxygens (including phenoxy) is 1. The van der Waals surface area contributed by atoms with E-state index in [1.165, 1.54) is 43.0 Å². The number of halogens is 2. The van der Waals surface area contributed by atoms with Gasteiger partial charge in [-0.25, -0.2) is 8.78 Å². The molecule has 156 valence electrons. The van der Waals surface area contributed by atoms with E-state index in [0.29, 0.717) is 13.0 Å². The minimum absolute atomic E-state index is 0.171. The SMILES string of the molecule is N[C@H]1C[C@@H](N2Cc3cnn(CC4CCCC4)c3C2)CO[C@@H]1c1cc(F)ccc1F. The first-order valence-corrected chi connectivity index (χ1v) is 10.7. The van der Waals surface area contributed by atoms with E-state index >= 15 is 0 Å². The molecule has 3 aliphatic rings. The van der Waals surface area contributed by atoms with Crippen LogP contribution in [0.2, 0.25) is 0 Å². The van der Waals surface area contributed by atoms with Crippen molar-refractivity contribution in [1.82, 2.24) is 14.7 Å². The first-order valence-electron chi connectivity index (χ1n) is 10.7. The molecule has 1 saturated carbocycles. The van der Waals surface area contributed by atoms with Crippen LogP contribution in [0, 0.1) is 17.6 Å². The summed E-state index contributed by atoms with van der Waals surface area (Å²) in [6, 6.07) is 3.25. The second-order valence-electron chi connectivity index (χ2n) is 8.83. The average molecular weight is 402 g/mol. The standard InChI is InChI=1S/C22H28F2N4O/c23-16-5-6-19(24)18(7-16)22-20(25)8-17(13-29-22)27-11-15-9-26-28(21(15)12-27)10-14-3-1-2-4-14/h5-7,9,14,17,20,22H,1-4,8,10-13,25H2/t17-,20+,22-/m1/s1. The van der Waals surface area contributed by atoms with Crippen molar-refractivity contribution in [2.75, 3.05) is 6.61 Å². The zero-order valence-corrected chi connectivity index (χ0v) is 16.6. The van der Waals surface area contributed by atoms with Crippen molar-refractivity contribution in [2.24, 2.45) is 11.7 Å². The Kier molecular flexibility index (Phi) is 5.14. The maximum Gasteiger partial charge on any atom is 0.129 e. The van der Waals surface area contributed by atoms with E-state index in [1.807, 2.05) is 6.20 Å². The molecule has 2 N–H and O–H groups in total. The lowest BCUT2D eigenvalue weighted by Gasteiger charge is -2.38. The van der Waals surface area contributed by atoms with Gasteiger partial charge in [0, 0.05) is 42.8 Å². The molecule has 0 amide bonds. The molecule has 3 atom stereocenters. The summed E-state index contributed by atoms with van der Waals surface area (Å²) in [6.07, 6.45) is 7.38. The lowest BCUT2D eigenvalue weighted by atomic mass is 9.93. The van der Waals surface area contributed by atoms with Crippen molar-refractivity contribution >= 4 is 0 Å². The van der Waals surface area contributed by atoms with Gasteiger partial charge in [0.1, 0.15) is 17.7 Å². The highest BCUT2D eigenvalue weighted by atomic mass is 19.1. The molecule has 1 aliphatic carbocycles. The number of hydrogen-bond acceptors (Lipinski definition) is 4. The summed E-state index contributed by atoms with van der Waals surface area (Å²) < 4.78 is 35.9. The molecule has 2 fully saturated rings. The third-order valence-electron chi connectivity index (χ3n) is 6.85. The number of hydrogen-bond donors (Lipinski definition) is 1. The van der Waals surface area contributed by atoms with Gasteiger partial charge in [-0.15, -0.1) is 0 Å². The van der Waals surface area contributed by atoms with Gasteiger partial charge in [-0.3, -0.25) is 9.58 Å². The molecule has 5 rings (SSSR count). The Morgan fingerprint density at radius 1 is 1.17 bits per heavy atom. The summed E-state index contributed by atoms with van der Waals surface area (Å²) in [4.78, 5) is 2.38. The van der Waals surface area contributed by atoms with Gasteiger partial charge < -0.3 is 10.5 Å². The Hall–Kier alpha value is -1.83. The van der Waals surface area contributed by atoms with Crippen LogP contribution >= 0.6 is 0 Å². The molecule has 29 heavy (non-hydrogen) atoms. The summed E-state index contributed by atoms with van der Waals surface area (Å²) in [6.45, 7) is 3.18. The van der Waals surface area contributed by atoms with Crippen LogP contribution in [0.25, 0.3) is 0 Å². The molecule has 7 heteroatoms. The van der Waals surface area contributed by atoms with Gasteiger partial charge in [-0.2, -0.15) is 5.10 Å². The maximum absolute atomic E-state index is 14.2. The predicted molar refractivity (Wildman–Crippen MR) is 105 cm³/mol. The molecule has 0 spiro atoms. The average Bonchev–Trinajstić information content (AvgIpc) is 3.43. The van der Waals surface area contributed by atoms with Crippen molar-refractivity contribution in [1.29, 1.82) is 0 Å². The highest BCUT2D eigenvalue weighted by Gasteiger charge is 2.37. The van der Waals surface area contributed by atoms with Crippen LogP contribution in [0.5, 0.6) is 0 Å². The third-order valence-corrected chi connectivity index (χ3v) is 6.85. The van der Waals surface area contributed by atoms with Gasteiger partial charge in [-0.1, -0.05) is 12.8 Å². The van der Waals surface area contributed by atoms with E-state index in [1.54, 1.807) is 0 Å². The molecule has 0 radical (unpaired) electrons. The lowest BCUT2D eigenvalue weighted by molar-refractivity contribution is -0.0534. The molecule has 2 aliphatic heterocycles. The fourth-order valence-corrected chi connectivity index (χ4v) is 5.24. The Labute approximate surface area is 169 Å². The van der Waals surface area contributed by atoms with E-state index in [2.05, 4.69) is 14.7 Å². The van der Waals surface area contributed by atoms with E-state index < -0.39 is 17.7 Å². The maximum atomic E-state index is 14.2. The first-order chi connectivity index (χ1) is 14.1. The summed E-state index contributed by atoms with van der Waals surface area (Å²) in [5.41, 5.74) is 9.16. The van der Waals surface area contributed by atoms with Crippen LogP contribution < -0.4 is 5.73 Å². The molecule has 1 aromatic heterocycles. The summed E-state index contributed by atoms with van der Waals surface area (Å²) in [5.74, 6) is -0.187. The topological polar surface area (TPSA) is 56.3 Å². The zero-order valence-electron chi connectivity index (χ0n) is 16.6. The number of fused-ring (bicyclic) bond motifs is 1. The van der Waals surface area contributed by atoms with Crippen molar-refractivity contribution in [3.8, 4) is 0 Å². The highest BCUT2D eigenvalue weighted by molar-refractivity contribution is 5.25. The van der Waals surface area contributed by atoms with Gasteiger partial charge in [-0.05, 0) is 43.4 Å². The van der Waals surface area contributed by atoms with E-state index in [-0.39, 0.29) is 17.6 Å². The molecule has 1 aromatic carbocycles. The molecule has 3 heterocycles. The number of rotatable bonds is 4. The van der Waals surface area contributed by atoms with Gasteiger partial charge >= 0.3 is 0 Å². The number of nitrogens with two attached hydrogens (primary N) is 1. The van der Waals surface area contributed by atoms with E-state index in [4.69, 9.17) is 10.5 Å². The molecular weight excluding hydrogens is 374 g/mol. The largest absolute Gasteiger partial charge is 0.370 e.